The van der Waals surface area contributed by atoms with Gasteiger partial charge in [0, 0.05) is 49.9 Å². The molecule has 4 rings (SSSR count). The number of hydrogen-bond donors (Lipinski definition) is 0. The van der Waals surface area contributed by atoms with Crippen LogP contribution < -0.4 is 4.90 Å². The van der Waals surface area contributed by atoms with Gasteiger partial charge in [-0.25, -0.2) is 18.4 Å². The highest BCUT2D eigenvalue weighted by Gasteiger charge is 2.35. The van der Waals surface area contributed by atoms with Gasteiger partial charge in [0.15, 0.2) is 4.90 Å². The molecule has 1 aliphatic heterocycles. The monoisotopic (exact) mass is 526 g/mol. The number of aromatic nitrogens is 2. The number of nitro groups is 2. The topological polar surface area (TPSA) is 153 Å². The van der Waals surface area contributed by atoms with Crippen molar-refractivity contribution in [1.82, 2.24) is 14.3 Å². The minimum atomic E-state index is -4.26. The van der Waals surface area contributed by atoms with E-state index in [9.17, 15) is 28.6 Å². The Kier molecular flexibility index (Phi) is 7.18. The standard InChI is InChI=1S/C24H26N6O6S/c1-16-4-6-19(7-5-16)14-21-17(2)25-18(3)26-24(21)27-10-12-28(13-11-27)37(35,36)23-9-8-20(29(31)32)15-22(23)30(33)34/h4-9,15H,10-14H2,1-3H3. The number of aryl methyl sites for hydroxylation is 3. The van der Waals surface area contributed by atoms with Crippen molar-refractivity contribution in [2.45, 2.75) is 32.1 Å². The van der Waals surface area contributed by atoms with Crippen LogP contribution in [-0.4, -0.2) is 58.7 Å². The molecule has 12 nitrogen and oxygen atoms in total. The first-order chi connectivity index (χ1) is 17.5. The summed E-state index contributed by atoms with van der Waals surface area (Å²) in [5, 5.41) is 22.5. The van der Waals surface area contributed by atoms with Gasteiger partial charge >= 0.3 is 0 Å². The molecule has 0 unspecified atom stereocenters. The summed E-state index contributed by atoms with van der Waals surface area (Å²) in [6.45, 7) is 6.53. The summed E-state index contributed by atoms with van der Waals surface area (Å²) in [6.07, 6.45) is 0.620. The van der Waals surface area contributed by atoms with Crippen LogP contribution in [0.1, 0.15) is 28.2 Å². The van der Waals surface area contributed by atoms with Crippen LogP contribution in [0.15, 0.2) is 47.4 Å². The number of rotatable bonds is 7. The number of nitro benzene ring substituents is 2. The minimum Gasteiger partial charge on any atom is -0.354 e. The first-order valence-electron chi connectivity index (χ1n) is 11.5. The van der Waals surface area contributed by atoms with E-state index in [1.807, 2.05) is 30.9 Å². The van der Waals surface area contributed by atoms with Gasteiger partial charge in [0.05, 0.1) is 15.9 Å². The highest BCUT2D eigenvalue weighted by Crippen LogP contribution is 2.32. The molecule has 1 fully saturated rings. The summed E-state index contributed by atoms with van der Waals surface area (Å²) in [5.74, 6) is 1.35. The van der Waals surface area contributed by atoms with E-state index in [2.05, 4.69) is 22.1 Å². The Morgan fingerprint density at radius 3 is 2.14 bits per heavy atom. The lowest BCUT2D eigenvalue weighted by Gasteiger charge is -2.35. The van der Waals surface area contributed by atoms with Crippen molar-refractivity contribution in [3.8, 4) is 0 Å². The molecule has 0 atom stereocenters. The van der Waals surface area contributed by atoms with Gasteiger partial charge in [-0.05, 0) is 32.4 Å². The second-order valence-electron chi connectivity index (χ2n) is 8.88. The van der Waals surface area contributed by atoms with Gasteiger partial charge in [-0.3, -0.25) is 20.2 Å². The number of sulfonamides is 1. The van der Waals surface area contributed by atoms with Crippen LogP contribution in [0.3, 0.4) is 0 Å². The minimum absolute atomic E-state index is 0.0720. The van der Waals surface area contributed by atoms with Gasteiger partial charge in [0.25, 0.3) is 11.4 Å². The molecule has 13 heteroatoms. The quantitative estimate of drug-likeness (QED) is 0.333. The van der Waals surface area contributed by atoms with E-state index in [0.29, 0.717) is 31.4 Å². The second-order valence-corrected chi connectivity index (χ2v) is 10.8. The third kappa shape index (κ3) is 5.42. The van der Waals surface area contributed by atoms with Crippen LogP contribution in [0, 0.1) is 41.0 Å². The summed E-state index contributed by atoms with van der Waals surface area (Å²) < 4.78 is 27.7. The molecule has 2 aromatic carbocycles. The molecule has 1 aliphatic rings. The molecule has 194 valence electrons. The third-order valence-corrected chi connectivity index (χ3v) is 8.26. The number of nitrogens with zero attached hydrogens (tertiary/aromatic N) is 6. The lowest BCUT2D eigenvalue weighted by Crippen LogP contribution is -2.49. The Hall–Kier alpha value is -3.97. The Labute approximate surface area is 213 Å². The number of hydrogen-bond acceptors (Lipinski definition) is 9. The average Bonchev–Trinajstić information content (AvgIpc) is 2.86. The van der Waals surface area contributed by atoms with Crippen molar-refractivity contribution < 1.29 is 18.3 Å². The smallest absolute Gasteiger partial charge is 0.296 e. The van der Waals surface area contributed by atoms with Crippen LogP contribution in [0.4, 0.5) is 17.2 Å². The Balaban J connectivity index is 1.59. The maximum Gasteiger partial charge on any atom is 0.296 e. The van der Waals surface area contributed by atoms with Crippen LogP contribution in [0.2, 0.25) is 0 Å². The van der Waals surface area contributed by atoms with Gasteiger partial charge in [0.2, 0.25) is 10.0 Å². The van der Waals surface area contributed by atoms with E-state index in [1.165, 1.54) is 0 Å². The first-order valence-corrected chi connectivity index (χ1v) is 13.0. The van der Waals surface area contributed by atoms with E-state index >= 15 is 0 Å². The van der Waals surface area contributed by atoms with Crippen LogP contribution >= 0.6 is 0 Å². The van der Waals surface area contributed by atoms with Gasteiger partial charge in [-0.2, -0.15) is 4.31 Å². The van der Waals surface area contributed by atoms with Crippen molar-refractivity contribution >= 4 is 27.2 Å². The van der Waals surface area contributed by atoms with E-state index in [1.54, 1.807) is 6.92 Å². The molecule has 37 heavy (non-hydrogen) atoms. The van der Waals surface area contributed by atoms with E-state index in [4.69, 9.17) is 0 Å². The highest BCUT2D eigenvalue weighted by molar-refractivity contribution is 7.89. The van der Waals surface area contributed by atoms with Crippen molar-refractivity contribution in [3.63, 3.8) is 0 Å². The molecule has 0 amide bonds. The van der Waals surface area contributed by atoms with E-state index in [-0.39, 0.29) is 13.1 Å². The van der Waals surface area contributed by atoms with Gasteiger partial charge < -0.3 is 4.90 Å². The second kappa shape index (κ2) is 10.2. The number of anilines is 1. The van der Waals surface area contributed by atoms with Crippen molar-refractivity contribution in [2.24, 2.45) is 0 Å². The molecule has 0 saturated carbocycles. The molecule has 0 N–H and O–H groups in total. The fourth-order valence-electron chi connectivity index (χ4n) is 4.36. The molecule has 0 spiro atoms. The lowest BCUT2D eigenvalue weighted by molar-refractivity contribution is -0.396. The zero-order valence-corrected chi connectivity index (χ0v) is 21.4. The van der Waals surface area contributed by atoms with Crippen LogP contribution in [-0.2, 0) is 16.4 Å². The van der Waals surface area contributed by atoms with Gasteiger partial charge in [-0.15, -0.1) is 0 Å². The third-order valence-electron chi connectivity index (χ3n) is 6.31. The largest absolute Gasteiger partial charge is 0.354 e. The van der Waals surface area contributed by atoms with Gasteiger partial charge in [-0.1, -0.05) is 29.8 Å². The van der Waals surface area contributed by atoms with Gasteiger partial charge in [0.1, 0.15) is 11.6 Å². The van der Waals surface area contributed by atoms with E-state index in [0.717, 1.165) is 44.6 Å². The SMILES string of the molecule is Cc1ccc(Cc2c(C)nc(C)nc2N2CCN(S(=O)(=O)c3ccc([N+](=O)[O-])cc3[N+](=O)[O-])CC2)cc1. The maximum atomic E-state index is 13.3. The fourth-order valence-corrected chi connectivity index (χ4v) is 5.92. The Morgan fingerprint density at radius 2 is 1.54 bits per heavy atom. The number of non-ortho nitro benzene ring substituents is 1. The fraction of sp³-hybridized carbons (Fsp3) is 0.333. The first kappa shape index (κ1) is 26.1. The summed E-state index contributed by atoms with van der Waals surface area (Å²) in [4.78, 5) is 31.4. The summed E-state index contributed by atoms with van der Waals surface area (Å²) in [6, 6.07) is 10.8. The normalized spacial score (nSPS) is 14.5. The summed E-state index contributed by atoms with van der Waals surface area (Å²) in [7, 11) is -4.26. The molecule has 0 bridgehead atoms. The molecule has 0 aliphatic carbocycles. The zero-order valence-electron chi connectivity index (χ0n) is 20.6. The Bertz CT molecular complexity index is 1470. The van der Waals surface area contributed by atoms with Crippen molar-refractivity contribution in [1.29, 1.82) is 0 Å². The molecule has 1 aromatic heterocycles. The van der Waals surface area contributed by atoms with Crippen molar-refractivity contribution in [2.75, 3.05) is 31.1 Å². The van der Waals surface area contributed by atoms with Crippen molar-refractivity contribution in [3.05, 3.63) is 90.9 Å². The van der Waals surface area contributed by atoms with E-state index < -0.39 is 36.1 Å². The molecule has 0 radical (unpaired) electrons. The van der Waals surface area contributed by atoms with Crippen LogP contribution in [0.25, 0.3) is 0 Å². The molecule has 2 heterocycles. The summed E-state index contributed by atoms with van der Waals surface area (Å²) >= 11 is 0. The average molecular weight is 527 g/mol. The number of piperazine rings is 1. The maximum absolute atomic E-state index is 13.3. The predicted molar refractivity (Wildman–Crippen MR) is 136 cm³/mol. The molecular weight excluding hydrogens is 500 g/mol. The Morgan fingerprint density at radius 1 is 0.892 bits per heavy atom. The molecular formula is C24H26N6O6S. The molecule has 1 saturated heterocycles. The lowest BCUT2D eigenvalue weighted by atomic mass is 10.0. The summed E-state index contributed by atoms with van der Waals surface area (Å²) in [5.41, 5.74) is 2.70. The number of benzene rings is 2. The van der Waals surface area contributed by atoms with Crippen LogP contribution in [0.5, 0.6) is 0 Å². The predicted octanol–water partition coefficient (Wildman–Crippen LogP) is 3.32. The zero-order chi connectivity index (χ0) is 26.9. The molecule has 3 aromatic rings. The highest BCUT2D eigenvalue weighted by atomic mass is 32.2.